The number of unbranched alkanes of at least 4 members (excludes halogenated alkanes) is 3. The lowest BCUT2D eigenvalue weighted by atomic mass is 9.82. The summed E-state index contributed by atoms with van der Waals surface area (Å²) < 4.78 is 55.6. The highest BCUT2D eigenvalue weighted by Gasteiger charge is 2.28. The Bertz CT molecular complexity index is 1230. The number of benzene rings is 3. The van der Waals surface area contributed by atoms with E-state index >= 15 is 0 Å². The number of carbonyl (C=O) groups excluding carboxylic acids is 1. The number of aryl methyl sites for hydroxylation is 1. The van der Waals surface area contributed by atoms with Crippen LogP contribution in [-0.4, -0.2) is 18.7 Å². The molecule has 4 rings (SSSR count). The van der Waals surface area contributed by atoms with E-state index < -0.39 is 29.3 Å². The lowest BCUT2D eigenvalue weighted by molar-refractivity contribution is 0.0188. The third-order valence-corrected chi connectivity index (χ3v) is 7.29. The fourth-order valence-corrected chi connectivity index (χ4v) is 5.02. The van der Waals surface area contributed by atoms with Crippen molar-refractivity contribution < 1.29 is 27.4 Å². The molecule has 3 aromatic rings. The predicted molar refractivity (Wildman–Crippen MR) is 143 cm³/mol. The third-order valence-electron chi connectivity index (χ3n) is 7.29. The summed E-state index contributed by atoms with van der Waals surface area (Å²) in [4.78, 5) is 12.7. The Labute approximate surface area is 223 Å². The van der Waals surface area contributed by atoms with Crippen molar-refractivity contribution in [2.75, 3.05) is 6.61 Å². The first-order chi connectivity index (χ1) is 18.4. The molecule has 0 heterocycles. The molecule has 0 spiro atoms. The molecule has 0 radical (unpaired) electrons. The third kappa shape index (κ3) is 6.77. The van der Waals surface area contributed by atoms with Gasteiger partial charge in [-0.1, -0.05) is 68.1 Å². The lowest BCUT2D eigenvalue weighted by Gasteiger charge is -2.29. The minimum absolute atomic E-state index is 0.00605. The first-order valence-electron chi connectivity index (χ1n) is 13.6. The largest absolute Gasteiger partial charge is 0.493 e. The Kier molecular flexibility index (Phi) is 9.48. The average molecular weight is 525 g/mol. The molecule has 0 bridgehead atoms. The maximum absolute atomic E-state index is 14.8. The number of halogens is 3. The van der Waals surface area contributed by atoms with E-state index in [1.807, 2.05) is 25.1 Å². The van der Waals surface area contributed by atoms with Crippen molar-refractivity contribution in [1.29, 1.82) is 0 Å². The van der Waals surface area contributed by atoms with Crippen LogP contribution in [0.2, 0.25) is 0 Å². The number of esters is 1. The van der Waals surface area contributed by atoms with Gasteiger partial charge in [-0.15, -0.1) is 0 Å². The van der Waals surface area contributed by atoms with Crippen molar-refractivity contribution >= 4 is 5.97 Å². The zero-order valence-electron chi connectivity index (χ0n) is 22.1. The zero-order valence-corrected chi connectivity index (χ0v) is 22.1. The summed E-state index contributed by atoms with van der Waals surface area (Å²) in [6.45, 7) is 4.64. The molecule has 6 heteroatoms. The Morgan fingerprint density at radius 1 is 0.868 bits per heavy atom. The van der Waals surface area contributed by atoms with Gasteiger partial charge in [0, 0.05) is 11.6 Å². The SMILES string of the molecule is CCCCCCOc1ccc(C2CCC(OC(=O)c3ccc(-c4ccc(C)cc4)c(F)c3F)CC2)c(F)c1. The van der Waals surface area contributed by atoms with Crippen LogP contribution in [0.3, 0.4) is 0 Å². The van der Waals surface area contributed by atoms with Gasteiger partial charge >= 0.3 is 5.97 Å². The molecule has 202 valence electrons. The predicted octanol–water partition coefficient (Wildman–Crippen LogP) is 8.92. The average Bonchev–Trinajstić information content (AvgIpc) is 2.91. The lowest BCUT2D eigenvalue weighted by Crippen LogP contribution is -2.25. The van der Waals surface area contributed by atoms with Crippen LogP contribution in [0.4, 0.5) is 13.2 Å². The molecule has 1 saturated carbocycles. The first kappa shape index (κ1) is 27.7. The molecular formula is C32H35F3O3. The molecular weight excluding hydrogens is 489 g/mol. The van der Waals surface area contributed by atoms with Crippen LogP contribution in [0.5, 0.6) is 5.75 Å². The fraction of sp³-hybridized carbons (Fsp3) is 0.406. The second kappa shape index (κ2) is 13.0. The van der Waals surface area contributed by atoms with Gasteiger partial charge in [-0.25, -0.2) is 18.0 Å². The van der Waals surface area contributed by atoms with Gasteiger partial charge in [-0.3, -0.25) is 0 Å². The first-order valence-corrected chi connectivity index (χ1v) is 13.6. The molecule has 38 heavy (non-hydrogen) atoms. The summed E-state index contributed by atoms with van der Waals surface area (Å²) in [5, 5.41) is 0. The van der Waals surface area contributed by atoms with Gasteiger partial charge in [-0.05, 0) is 68.2 Å². The minimum Gasteiger partial charge on any atom is -0.493 e. The second-order valence-electron chi connectivity index (χ2n) is 10.1. The molecule has 0 amide bonds. The van der Waals surface area contributed by atoms with Crippen LogP contribution in [-0.2, 0) is 4.74 Å². The van der Waals surface area contributed by atoms with Crippen molar-refractivity contribution in [3.05, 3.63) is 88.7 Å². The fourth-order valence-electron chi connectivity index (χ4n) is 5.02. The van der Waals surface area contributed by atoms with Crippen LogP contribution >= 0.6 is 0 Å². The topological polar surface area (TPSA) is 35.5 Å². The van der Waals surface area contributed by atoms with Gasteiger partial charge in [0.2, 0.25) is 0 Å². The van der Waals surface area contributed by atoms with Crippen LogP contribution in [0.25, 0.3) is 11.1 Å². The standard InChI is InChI=1S/C32H35F3O3/c1-3-4-5-6-19-37-25-15-16-26(29(33)20-25)22-11-13-24(14-12-22)38-32(36)28-18-17-27(30(34)31(28)35)23-9-7-21(2)8-10-23/h7-10,15-18,20,22,24H,3-6,11-14,19H2,1-2H3. The minimum atomic E-state index is -1.21. The highest BCUT2D eigenvalue weighted by molar-refractivity contribution is 5.90. The summed E-state index contributed by atoms with van der Waals surface area (Å²) in [6.07, 6.45) is 6.27. The van der Waals surface area contributed by atoms with Crippen molar-refractivity contribution in [2.45, 2.75) is 77.2 Å². The van der Waals surface area contributed by atoms with Crippen LogP contribution < -0.4 is 4.74 Å². The van der Waals surface area contributed by atoms with E-state index in [1.165, 1.54) is 24.6 Å². The van der Waals surface area contributed by atoms with Crippen molar-refractivity contribution in [3.63, 3.8) is 0 Å². The van der Waals surface area contributed by atoms with E-state index in [4.69, 9.17) is 9.47 Å². The van der Waals surface area contributed by atoms with Crippen molar-refractivity contribution in [2.24, 2.45) is 0 Å². The van der Waals surface area contributed by atoms with E-state index in [0.717, 1.165) is 24.8 Å². The zero-order chi connectivity index (χ0) is 27.1. The van der Waals surface area contributed by atoms with Crippen LogP contribution in [0.15, 0.2) is 54.6 Å². The molecule has 1 fully saturated rings. The number of rotatable bonds is 10. The Hall–Kier alpha value is -3.28. The highest BCUT2D eigenvalue weighted by Crippen LogP contribution is 2.37. The maximum Gasteiger partial charge on any atom is 0.341 e. The number of hydrogen-bond acceptors (Lipinski definition) is 3. The van der Waals surface area contributed by atoms with Crippen molar-refractivity contribution in [1.82, 2.24) is 0 Å². The smallest absolute Gasteiger partial charge is 0.341 e. The van der Waals surface area contributed by atoms with Gasteiger partial charge in [0.25, 0.3) is 0 Å². The van der Waals surface area contributed by atoms with Gasteiger partial charge < -0.3 is 9.47 Å². The number of hydrogen-bond donors (Lipinski definition) is 0. The Morgan fingerprint density at radius 3 is 2.29 bits per heavy atom. The monoisotopic (exact) mass is 524 g/mol. The van der Waals surface area contributed by atoms with Gasteiger partial charge in [0.1, 0.15) is 17.7 Å². The van der Waals surface area contributed by atoms with E-state index in [9.17, 15) is 18.0 Å². The number of carbonyl (C=O) groups is 1. The summed E-state index contributed by atoms with van der Waals surface area (Å²) in [5.74, 6) is -2.92. The summed E-state index contributed by atoms with van der Waals surface area (Å²) in [5.41, 5.74) is 1.84. The summed E-state index contributed by atoms with van der Waals surface area (Å²) >= 11 is 0. The molecule has 3 aromatic carbocycles. The second-order valence-corrected chi connectivity index (χ2v) is 10.1. The Morgan fingerprint density at radius 2 is 1.61 bits per heavy atom. The normalized spacial score (nSPS) is 17.3. The molecule has 0 aromatic heterocycles. The van der Waals surface area contributed by atoms with E-state index in [-0.39, 0.29) is 17.3 Å². The van der Waals surface area contributed by atoms with E-state index in [2.05, 4.69) is 6.92 Å². The molecule has 0 atom stereocenters. The quantitative estimate of drug-likeness (QED) is 0.196. The number of ether oxygens (including phenoxy) is 2. The maximum atomic E-state index is 14.8. The van der Waals surface area contributed by atoms with Gasteiger partial charge in [0.15, 0.2) is 11.6 Å². The van der Waals surface area contributed by atoms with Crippen molar-refractivity contribution in [3.8, 4) is 16.9 Å². The van der Waals surface area contributed by atoms with E-state index in [0.29, 0.717) is 49.2 Å². The Balaban J connectivity index is 1.31. The molecule has 0 saturated heterocycles. The highest BCUT2D eigenvalue weighted by atomic mass is 19.2. The van der Waals surface area contributed by atoms with Crippen LogP contribution in [0, 0.1) is 24.4 Å². The molecule has 0 N–H and O–H groups in total. The molecule has 0 unspecified atom stereocenters. The molecule has 0 aliphatic heterocycles. The summed E-state index contributed by atoms with van der Waals surface area (Å²) in [6, 6.07) is 14.7. The molecule has 1 aliphatic rings. The van der Waals surface area contributed by atoms with Gasteiger partial charge in [-0.2, -0.15) is 0 Å². The molecule has 1 aliphatic carbocycles. The van der Waals surface area contributed by atoms with E-state index in [1.54, 1.807) is 18.2 Å². The van der Waals surface area contributed by atoms with Crippen LogP contribution in [0.1, 0.15) is 85.7 Å². The summed E-state index contributed by atoms with van der Waals surface area (Å²) in [7, 11) is 0. The molecule has 3 nitrogen and oxygen atoms in total. The van der Waals surface area contributed by atoms with Gasteiger partial charge in [0.05, 0.1) is 12.2 Å².